The molecule has 0 bridgehead atoms. The first-order valence-electron chi connectivity index (χ1n) is 8.20. The second-order valence-corrected chi connectivity index (χ2v) is 8.92. The van der Waals surface area contributed by atoms with Gasteiger partial charge in [0.05, 0.1) is 22.8 Å². The molecule has 0 amide bonds. The van der Waals surface area contributed by atoms with Crippen LogP contribution in [0.4, 0.5) is 8.78 Å². The number of halogens is 2. The minimum absolute atomic E-state index is 0.115. The lowest BCUT2D eigenvalue weighted by atomic mass is 10.1. The maximum Gasteiger partial charge on any atom is 0.241 e. The van der Waals surface area contributed by atoms with E-state index in [0.29, 0.717) is 22.4 Å². The first-order valence-corrected chi connectivity index (χ1v) is 10.5. The van der Waals surface area contributed by atoms with Crippen LogP contribution in [0.5, 0.6) is 0 Å². The van der Waals surface area contributed by atoms with Crippen molar-refractivity contribution in [2.75, 3.05) is 0 Å². The smallest absolute Gasteiger partial charge is 0.217 e. The molecular formula is C18H14F2N4O2S2. The summed E-state index contributed by atoms with van der Waals surface area (Å²) in [4.78, 5) is 4.86. The Labute approximate surface area is 163 Å². The molecule has 0 atom stereocenters. The van der Waals surface area contributed by atoms with Gasteiger partial charge in [-0.05, 0) is 25.1 Å². The Bertz CT molecular complexity index is 1270. The molecule has 28 heavy (non-hydrogen) atoms. The highest BCUT2D eigenvalue weighted by atomic mass is 32.2. The number of hydrogen-bond donors (Lipinski definition) is 1. The van der Waals surface area contributed by atoms with E-state index in [1.807, 2.05) is 37.3 Å². The van der Waals surface area contributed by atoms with Gasteiger partial charge in [-0.15, -0.1) is 0 Å². The van der Waals surface area contributed by atoms with E-state index in [1.54, 1.807) is 4.52 Å². The number of imidazole rings is 1. The zero-order chi connectivity index (χ0) is 19.9. The Hall–Kier alpha value is -2.69. The Morgan fingerprint density at radius 2 is 1.86 bits per heavy atom. The summed E-state index contributed by atoms with van der Waals surface area (Å²) in [5.41, 5.74) is 1.98. The van der Waals surface area contributed by atoms with Crippen LogP contribution in [0.15, 0.2) is 53.4 Å². The van der Waals surface area contributed by atoms with Crippen LogP contribution in [0.3, 0.4) is 0 Å². The number of benzene rings is 2. The summed E-state index contributed by atoms with van der Waals surface area (Å²) in [6.07, 6.45) is 0. The number of nitrogens with one attached hydrogen (secondary N) is 1. The summed E-state index contributed by atoms with van der Waals surface area (Å²) in [6, 6.07) is 11.8. The summed E-state index contributed by atoms with van der Waals surface area (Å²) in [6.45, 7) is 1.71. The summed E-state index contributed by atoms with van der Waals surface area (Å²) in [5.74, 6) is -2.34. The number of fused-ring (bicyclic) bond motifs is 1. The third-order valence-electron chi connectivity index (χ3n) is 4.08. The lowest BCUT2D eigenvalue weighted by molar-refractivity contribution is 0.504. The highest BCUT2D eigenvalue weighted by molar-refractivity contribution is 7.89. The standard InChI is InChI=1S/C18H14F2N4O2S2/c1-11-23-24-16(17(22-18(24)27-11)12-5-3-2-4-6-12)10-21-28(25,26)13-7-8-14(19)15(20)9-13/h2-9,21H,10H2,1H3. The molecule has 0 saturated heterocycles. The first kappa shape index (κ1) is 18.7. The summed E-state index contributed by atoms with van der Waals surface area (Å²) < 4.78 is 55.6. The average Bonchev–Trinajstić information content (AvgIpc) is 3.19. The van der Waals surface area contributed by atoms with Gasteiger partial charge in [0.15, 0.2) is 11.6 Å². The third kappa shape index (κ3) is 3.41. The molecule has 0 fully saturated rings. The van der Waals surface area contributed by atoms with E-state index in [-0.39, 0.29) is 11.4 Å². The van der Waals surface area contributed by atoms with Gasteiger partial charge in [0.25, 0.3) is 0 Å². The van der Waals surface area contributed by atoms with Crippen LogP contribution in [0.25, 0.3) is 16.2 Å². The number of aromatic nitrogens is 3. The number of aryl methyl sites for hydroxylation is 1. The van der Waals surface area contributed by atoms with Crippen LogP contribution in [-0.2, 0) is 16.6 Å². The Morgan fingerprint density at radius 1 is 1.11 bits per heavy atom. The van der Waals surface area contributed by atoms with Gasteiger partial charge >= 0.3 is 0 Å². The molecule has 2 heterocycles. The van der Waals surface area contributed by atoms with Gasteiger partial charge in [-0.1, -0.05) is 41.7 Å². The third-order valence-corrected chi connectivity index (χ3v) is 6.30. The van der Waals surface area contributed by atoms with Gasteiger partial charge in [-0.2, -0.15) is 5.10 Å². The van der Waals surface area contributed by atoms with Gasteiger partial charge in [0.1, 0.15) is 5.01 Å². The zero-order valence-corrected chi connectivity index (χ0v) is 16.2. The molecule has 4 aromatic rings. The van der Waals surface area contributed by atoms with Crippen molar-refractivity contribution in [2.45, 2.75) is 18.4 Å². The van der Waals surface area contributed by atoms with Crippen LogP contribution in [0, 0.1) is 18.6 Å². The van der Waals surface area contributed by atoms with Crippen molar-refractivity contribution >= 4 is 26.3 Å². The lowest BCUT2D eigenvalue weighted by Crippen LogP contribution is -2.24. The lowest BCUT2D eigenvalue weighted by Gasteiger charge is -2.08. The molecule has 144 valence electrons. The molecule has 6 nitrogen and oxygen atoms in total. The number of rotatable bonds is 5. The second kappa shape index (κ2) is 7.04. The van der Waals surface area contributed by atoms with Crippen molar-refractivity contribution in [1.29, 1.82) is 0 Å². The minimum Gasteiger partial charge on any atom is -0.217 e. The molecule has 0 aliphatic heterocycles. The quantitative estimate of drug-likeness (QED) is 0.536. The van der Waals surface area contributed by atoms with Gasteiger partial charge in [0, 0.05) is 5.56 Å². The number of sulfonamides is 1. The van der Waals surface area contributed by atoms with Crippen molar-refractivity contribution in [2.24, 2.45) is 0 Å². The Balaban J connectivity index is 1.72. The van der Waals surface area contributed by atoms with Crippen molar-refractivity contribution < 1.29 is 17.2 Å². The Morgan fingerprint density at radius 3 is 2.57 bits per heavy atom. The summed E-state index contributed by atoms with van der Waals surface area (Å²) >= 11 is 1.39. The molecule has 0 aliphatic carbocycles. The van der Waals surface area contributed by atoms with Crippen molar-refractivity contribution in [3.8, 4) is 11.3 Å². The van der Waals surface area contributed by atoms with Crippen LogP contribution in [0.2, 0.25) is 0 Å². The van der Waals surface area contributed by atoms with Crippen LogP contribution in [-0.4, -0.2) is 23.0 Å². The molecule has 2 aromatic heterocycles. The van der Waals surface area contributed by atoms with E-state index in [1.165, 1.54) is 11.3 Å². The predicted molar refractivity (Wildman–Crippen MR) is 101 cm³/mol. The molecule has 1 N–H and O–H groups in total. The molecule has 0 radical (unpaired) electrons. The van der Waals surface area contributed by atoms with Crippen LogP contribution >= 0.6 is 11.3 Å². The Kier molecular flexibility index (Phi) is 4.69. The summed E-state index contributed by atoms with van der Waals surface area (Å²) in [5, 5.41) is 5.17. The molecule has 0 unspecified atom stereocenters. The van der Waals surface area contributed by atoms with E-state index in [0.717, 1.165) is 22.7 Å². The fraction of sp³-hybridized carbons (Fsp3) is 0.111. The molecular weight excluding hydrogens is 406 g/mol. The maximum atomic E-state index is 13.4. The van der Waals surface area contributed by atoms with Crippen LogP contribution < -0.4 is 4.72 Å². The van der Waals surface area contributed by atoms with E-state index in [2.05, 4.69) is 14.8 Å². The van der Waals surface area contributed by atoms with Gasteiger partial charge in [0.2, 0.25) is 15.0 Å². The maximum absolute atomic E-state index is 13.4. The van der Waals surface area contributed by atoms with Crippen molar-refractivity contribution in [3.63, 3.8) is 0 Å². The predicted octanol–water partition coefficient (Wildman–Crippen LogP) is 3.52. The SMILES string of the molecule is Cc1nn2c(CNS(=O)(=O)c3ccc(F)c(F)c3)c(-c3ccccc3)nc2s1. The van der Waals surface area contributed by atoms with Crippen LogP contribution in [0.1, 0.15) is 10.7 Å². The molecule has 0 spiro atoms. The van der Waals surface area contributed by atoms with Gasteiger partial charge in [-0.25, -0.2) is 31.4 Å². The van der Waals surface area contributed by atoms with E-state index in [9.17, 15) is 17.2 Å². The topological polar surface area (TPSA) is 76.4 Å². The van der Waals surface area contributed by atoms with Crippen molar-refractivity contribution in [1.82, 2.24) is 19.3 Å². The fourth-order valence-corrected chi connectivity index (χ4v) is 4.52. The van der Waals surface area contributed by atoms with Crippen molar-refractivity contribution in [3.05, 3.63) is 70.9 Å². The van der Waals surface area contributed by atoms with Gasteiger partial charge in [-0.3, -0.25) is 0 Å². The van der Waals surface area contributed by atoms with E-state index in [4.69, 9.17) is 0 Å². The number of hydrogen-bond acceptors (Lipinski definition) is 5. The normalized spacial score (nSPS) is 12.0. The molecule has 0 aliphatic rings. The molecule has 2 aromatic carbocycles. The summed E-state index contributed by atoms with van der Waals surface area (Å²) in [7, 11) is -4.06. The zero-order valence-electron chi connectivity index (χ0n) is 14.6. The monoisotopic (exact) mass is 420 g/mol. The molecule has 10 heteroatoms. The van der Waals surface area contributed by atoms with Gasteiger partial charge < -0.3 is 0 Å². The molecule has 4 rings (SSSR count). The highest BCUT2D eigenvalue weighted by Gasteiger charge is 2.21. The molecule has 0 saturated carbocycles. The average molecular weight is 420 g/mol. The number of nitrogens with zero attached hydrogens (tertiary/aromatic N) is 3. The fourth-order valence-electron chi connectivity index (χ4n) is 2.76. The van der Waals surface area contributed by atoms with E-state index >= 15 is 0 Å². The minimum atomic E-state index is -4.06. The second-order valence-electron chi connectivity index (χ2n) is 5.99. The highest BCUT2D eigenvalue weighted by Crippen LogP contribution is 2.27. The first-order chi connectivity index (χ1) is 13.3. The van der Waals surface area contributed by atoms with E-state index < -0.39 is 21.7 Å². The largest absolute Gasteiger partial charge is 0.241 e.